The van der Waals surface area contributed by atoms with Crippen LogP contribution in [0.15, 0.2) is 24.3 Å². The molecule has 0 aromatic heterocycles. The molecule has 1 N–H and O–H groups in total. The highest BCUT2D eigenvalue weighted by molar-refractivity contribution is 5.79. The Bertz CT molecular complexity index is 847. The van der Waals surface area contributed by atoms with Crippen LogP contribution in [0.4, 0.5) is 18.0 Å². The molecule has 0 bridgehead atoms. The van der Waals surface area contributed by atoms with E-state index in [-0.39, 0.29) is 49.5 Å². The summed E-state index contributed by atoms with van der Waals surface area (Å²) in [4.78, 5) is 27.8. The number of halogens is 3. The molecule has 4 aliphatic rings. The Balaban J connectivity index is 1.17. The van der Waals surface area contributed by atoms with Crippen LogP contribution < -0.4 is 5.32 Å². The number of carbonyl (C=O) groups excluding carboxylic acids is 2. The van der Waals surface area contributed by atoms with Crippen LogP contribution in [0.1, 0.15) is 36.3 Å². The van der Waals surface area contributed by atoms with Crippen LogP contribution in [0.25, 0.3) is 0 Å². The first-order chi connectivity index (χ1) is 14.3. The van der Waals surface area contributed by atoms with E-state index in [0.29, 0.717) is 38.2 Å². The predicted molar refractivity (Wildman–Crippen MR) is 101 cm³/mol. The van der Waals surface area contributed by atoms with E-state index >= 15 is 0 Å². The van der Waals surface area contributed by atoms with Crippen LogP contribution in [-0.2, 0) is 14.9 Å². The van der Waals surface area contributed by atoms with Crippen LogP contribution in [0.5, 0.6) is 0 Å². The van der Waals surface area contributed by atoms with E-state index in [0.717, 1.165) is 5.56 Å². The van der Waals surface area contributed by atoms with Crippen molar-refractivity contribution in [1.29, 1.82) is 0 Å². The number of amides is 3. The molecule has 30 heavy (non-hydrogen) atoms. The highest BCUT2D eigenvalue weighted by Gasteiger charge is 2.64. The van der Waals surface area contributed by atoms with Gasteiger partial charge in [0.25, 0.3) is 0 Å². The summed E-state index contributed by atoms with van der Waals surface area (Å²) >= 11 is 0. The van der Waals surface area contributed by atoms with Gasteiger partial charge in [-0.05, 0) is 30.4 Å². The summed E-state index contributed by atoms with van der Waals surface area (Å²) in [6.45, 7) is 2.20. The molecule has 9 heteroatoms. The lowest BCUT2D eigenvalue weighted by Gasteiger charge is -2.46. The van der Waals surface area contributed by atoms with Crippen LogP contribution >= 0.6 is 0 Å². The third-order valence-electron chi connectivity index (χ3n) is 6.97. The molecule has 0 spiro atoms. The highest BCUT2D eigenvalue weighted by atomic mass is 19.4. The first-order valence-corrected chi connectivity index (χ1v) is 10.4. The SMILES string of the molecule is O=C1CO[C@@H]2CCN(C(=O)N3CC(c4ccc(C5(C(F)(F)F)CC5)cc4)C3)C[C@H]2N1. The van der Waals surface area contributed by atoms with Gasteiger partial charge in [0.1, 0.15) is 6.61 Å². The molecule has 1 aliphatic carbocycles. The van der Waals surface area contributed by atoms with Gasteiger partial charge in [-0.15, -0.1) is 0 Å². The van der Waals surface area contributed by atoms with Crippen LogP contribution in [0.2, 0.25) is 0 Å². The Morgan fingerprint density at radius 3 is 2.43 bits per heavy atom. The Morgan fingerprint density at radius 2 is 1.80 bits per heavy atom. The van der Waals surface area contributed by atoms with Crippen molar-refractivity contribution in [3.63, 3.8) is 0 Å². The van der Waals surface area contributed by atoms with E-state index in [1.165, 1.54) is 0 Å². The number of hydrogen-bond acceptors (Lipinski definition) is 3. The highest BCUT2D eigenvalue weighted by Crippen LogP contribution is 2.58. The minimum atomic E-state index is -4.20. The molecule has 0 radical (unpaired) electrons. The number of ether oxygens (including phenoxy) is 1. The largest absolute Gasteiger partial charge is 0.398 e. The van der Waals surface area contributed by atoms with Crippen molar-refractivity contribution in [3.8, 4) is 0 Å². The van der Waals surface area contributed by atoms with Gasteiger partial charge < -0.3 is 19.9 Å². The molecule has 1 aromatic carbocycles. The first-order valence-electron chi connectivity index (χ1n) is 10.4. The van der Waals surface area contributed by atoms with Crippen molar-refractivity contribution >= 4 is 11.9 Å². The smallest absolute Gasteiger partial charge is 0.366 e. The third-order valence-corrected chi connectivity index (χ3v) is 6.97. The number of rotatable bonds is 2. The maximum absolute atomic E-state index is 13.3. The van der Waals surface area contributed by atoms with E-state index < -0.39 is 11.6 Å². The van der Waals surface area contributed by atoms with E-state index in [9.17, 15) is 22.8 Å². The fraction of sp³-hybridized carbons (Fsp3) is 0.619. The predicted octanol–water partition coefficient (Wildman–Crippen LogP) is 2.39. The molecule has 3 heterocycles. The molecule has 3 amide bonds. The molecular weight excluding hydrogens is 399 g/mol. The Kier molecular flexibility index (Phi) is 4.50. The molecular formula is C21H24F3N3O3. The van der Waals surface area contributed by atoms with Crippen molar-refractivity contribution in [1.82, 2.24) is 15.1 Å². The molecule has 2 atom stereocenters. The minimum absolute atomic E-state index is 0.0409. The maximum Gasteiger partial charge on any atom is 0.398 e. The van der Waals surface area contributed by atoms with Gasteiger partial charge in [-0.25, -0.2) is 4.79 Å². The number of nitrogens with zero attached hydrogens (tertiary/aromatic N) is 2. The number of alkyl halides is 3. The van der Waals surface area contributed by atoms with Gasteiger partial charge in [0.05, 0.1) is 17.6 Å². The number of nitrogens with one attached hydrogen (secondary N) is 1. The van der Waals surface area contributed by atoms with E-state index in [2.05, 4.69) is 5.32 Å². The molecule has 1 aromatic rings. The van der Waals surface area contributed by atoms with Crippen molar-refractivity contribution in [2.24, 2.45) is 0 Å². The molecule has 3 aliphatic heterocycles. The average Bonchev–Trinajstić information content (AvgIpc) is 3.49. The fourth-order valence-electron chi connectivity index (χ4n) is 4.85. The Labute approximate surface area is 172 Å². The molecule has 1 saturated carbocycles. The van der Waals surface area contributed by atoms with Gasteiger partial charge in [0.2, 0.25) is 5.91 Å². The second-order valence-corrected chi connectivity index (χ2v) is 8.84. The zero-order valence-electron chi connectivity index (χ0n) is 16.5. The van der Waals surface area contributed by atoms with Gasteiger partial charge in [0, 0.05) is 32.1 Å². The zero-order chi connectivity index (χ0) is 21.1. The van der Waals surface area contributed by atoms with Gasteiger partial charge in [-0.1, -0.05) is 24.3 Å². The summed E-state index contributed by atoms with van der Waals surface area (Å²) in [5.41, 5.74) is -0.351. The number of benzene rings is 1. The van der Waals surface area contributed by atoms with Gasteiger partial charge in [0.15, 0.2) is 0 Å². The second-order valence-electron chi connectivity index (χ2n) is 8.84. The number of piperidine rings is 1. The van der Waals surface area contributed by atoms with Crippen molar-refractivity contribution in [2.45, 2.75) is 48.9 Å². The number of hydrogen-bond donors (Lipinski definition) is 1. The zero-order valence-corrected chi connectivity index (χ0v) is 16.5. The van der Waals surface area contributed by atoms with Gasteiger partial charge in [-0.2, -0.15) is 13.2 Å². The number of carbonyl (C=O) groups is 2. The summed E-state index contributed by atoms with van der Waals surface area (Å²) in [6, 6.07) is 6.50. The standard InChI is InChI=1S/C21H24F3N3O3/c22-21(23,24)20(6-7-20)15-3-1-13(2-4-15)14-9-27(10-14)19(29)26-8-5-17-16(11-26)25-18(28)12-30-17/h1-4,14,16-17H,5-12H2,(H,25,28)/t16-,17-/m1/s1. The summed E-state index contributed by atoms with van der Waals surface area (Å²) in [7, 11) is 0. The number of likely N-dealkylation sites (tertiary alicyclic amines) is 2. The molecule has 3 saturated heterocycles. The molecule has 162 valence electrons. The van der Waals surface area contributed by atoms with E-state index in [1.54, 1.807) is 34.1 Å². The fourth-order valence-corrected chi connectivity index (χ4v) is 4.85. The van der Waals surface area contributed by atoms with Gasteiger partial charge >= 0.3 is 12.2 Å². The summed E-state index contributed by atoms with van der Waals surface area (Å²) in [5.74, 6) is -0.0178. The summed E-state index contributed by atoms with van der Waals surface area (Å²) in [6.07, 6.45) is -3.24. The monoisotopic (exact) mass is 423 g/mol. The molecule has 0 unspecified atom stereocenters. The number of urea groups is 1. The number of morpholine rings is 1. The number of fused-ring (bicyclic) bond motifs is 1. The van der Waals surface area contributed by atoms with Gasteiger partial charge in [-0.3, -0.25) is 4.79 Å². The minimum Gasteiger partial charge on any atom is -0.366 e. The first kappa shape index (κ1) is 19.7. The van der Waals surface area contributed by atoms with E-state index in [1.807, 2.05) is 0 Å². The van der Waals surface area contributed by atoms with Crippen molar-refractivity contribution in [2.75, 3.05) is 32.8 Å². The van der Waals surface area contributed by atoms with Crippen LogP contribution in [0, 0.1) is 0 Å². The summed E-state index contributed by atoms with van der Waals surface area (Å²) < 4.78 is 45.4. The lowest BCUT2D eigenvalue weighted by molar-refractivity contribution is -0.160. The van der Waals surface area contributed by atoms with Crippen molar-refractivity contribution in [3.05, 3.63) is 35.4 Å². The Morgan fingerprint density at radius 1 is 1.10 bits per heavy atom. The average molecular weight is 423 g/mol. The summed E-state index contributed by atoms with van der Waals surface area (Å²) in [5, 5.41) is 2.89. The maximum atomic E-state index is 13.3. The lowest BCUT2D eigenvalue weighted by Crippen LogP contribution is -2.63. The quantitative estimate of drug-likeness (QED) is 0.795. The second kappa shape index (κ2) is 6.87. The molecule has 6 nitrogen and oxygen atoms in total. The Hall–Kier alpha value is -2.29. The topological polar surface area (TPSA) is 61.9 Å². The van der Waals surface area contributed by atoms with E-state index in [4.69, 9.17) is 4.74 Å². The molecule has 4 fully saturated rings. The van der Waals surface area contributed by atoms with Crippen LogP contribution in [0.3, 0.4) is 0 Å². The molecule has 5 rings (SSSR count). The van der Waals surface area contributed by atoms with Crippen LogP contribution in [-0.4, -0.2) is 72.8 Å². The third kappa shape index (κ3) is 3.23. The normalized spacial score (nSPS) is 28.4. The van der Waals surface area contributed by atoms with Crippen molar-refractivity contribution < 1.29 is 27.5 Å². The lowest BCUT2D eigenvalue weighted by atomic mass is 9.88.